The van der Waals surface area contributed by atoms with E-state index in [4.69, 9.17) is 5.73 Å². The van der Waals surface area contributed by atoms with Crippen molar-refractivity contribution in [3.8, 4) is 0 Å². The van der Waals surface area contributed by atoms with Gasteiger partial charge in [0.05, 0.1) is 4.90 Å². The first-order chi connectivity index (χ1) is 6.55. The van der Waals surface area contributed by atoms with Crippen molar-refractivity contribution in [2.75, 3.05) is 0 Å². The Hall–Kier alpha value is -1.13. The lowest BCUT2D eigenvalue weighted by Gasteiger charge is -2.02. The minimum atomic E-state index is -3.21. The normalized spacial score (nSPS) is 17.7. The largest absolute Gasteiger partial charge is 0.326 e. The maximum absolute atomic E-state index is 11.7. The molecule has 4 heteroatoms. The lowest BCUT2D eigenvalue weighted by Crippen LogP contribution is -2.01. The number of rotatable bonds is 1. The number of nitrogens with two attached hydrogens (primary N) is 1. The molecular formula is C10H11NO2S. The molecule has 0 amide bonds. The van der Waals surface area contributed by atoms with Crippen molar-refractivity contribution in [1.29, 1.82) is 0 Å². The molecule has 0 saturated carbocycles. The molecule has 0 saturated heterocycles. The zero-order valence-electron chi connectivity index (χ0n) is 7.82. The molecule has 14 heavy (non-hydrogen) atoms. The Labute approximate surface area is 83.2 Å². The minimum absolute atomic E-state index is 0.363. The maximum atomic E-state index is 11.7. The van der Waals surface area contributed by atoms with Crippen LogP contribution in [-0.2, 0) is 16.4 Å². The lowest BCUT2D eigenvalue weighted by atomic mass is 10.1. The average Bonchev–Trinajstić information content (AvgIpc) is 2.38. The summed E-state index contributed by atoms with van der Waals surface area (Å²) in [6, 6.07) is 5.30. The van der Waals surface area contributed by atoms with Gasteiger partial charge in [-0.3, -0.25) is 0 Å². The fourth-order valence-corrected chi connectivity index (χ4v) is 2.90. The van der Waals surface area contributed by atoms with Crippen LogP contribution in [0.1, 0.15) is 18.1 Å². The number of sulfone groups is 1. The summed E-state index contributed by atoms with van der Waals surface area (Å²) in [6.07, 6.45) is 1.69. The zero-order chi connectivity index (χ0) is 10.3. The van der Waals surface area contributed by atoms with Gasteiger partial charge >= 0.3 is 0 Å². The van der Waals surface area contributed by atoms with Gasteiger partial charge in [0.15, 0.2) is 0 Å². The van der Waals surface area contributed by atoms with Crippen molar-refractivity contribution in [3.05, 3.63) is 34.2 Å². The van der Waals surface area contributed by atoms with Crippen LogP contribution in [0.4, 0.5) is 0 Å². The van der Waals surface area contributed by atoms with E-state index in [2.05, 4.69) is 0 Å². The highest BCUT2D eigenvalue weighted by molar-refractivity contribution is 7.95. The Morgan fingerprint density at radius 3 is 2.71 bits per heavy atom. The molecule has 0 bridgehead atoms. The van der Waals surface area contributed by atoms with Crippen molar-refractivity contribution < 1.29 is 8.42 Å². The molecule has 1 aliphatic rings. The van der Waals surface area contributed by atoms with E-state index < -0.39 is 9.84 Å². The summed E-state index contributed by atoms with van der Waals surface area (Å²) in [7, 11) is -3.21. The Morgan fingerprint density at radius 1 is 1.36 bits per heavy atom. The van der Waals surface area contributed by atoms with Gasteiger partial charge in [0.25, 0.3) is 0 Å². The fraction of sp³-hybridized carbons (Fsp3) is 0.200. The first-order valence-corrected chi connectivity index (χ1v) is 5.80. The SMILES string of the molecule is CC1=Cc2ccc(CN)cc2S1(=O)=O. The van der Waals surface area contributed by atoms with E-state index in [0.717, 1.165) is 11.1 Å². The second-order valence-electron chi connectivity index (χ2n) is 3.33. The van der Waals surface area contributed by atoms with E-state index in [1.165, 1.54) is 0 Å². The van der Waals surface area contributed by atoms with Crippen LogP contribution in [0.2, 0.25) is 0 Å². The summed E-state index contributed by atoms with van der Waals surface area (Å²) in [5.74, 6) is 0. The van der Waals surface area contributed by atoms with E-state index >= 15 is 0 Å². The van der Waals surface area contributed by atoms with E-state index in [1.807, 2.05) is 6.07 Å². The van der Waals surface area contributed by atoms with Crippen LogP contribution in [0.3, 0.4) is 0 Å². The first kappa shape index (κ1) is 9.43. The van der Waals surface area contributed by atoms with Gasteiger partial charge in [-0.05, 0) is 30.2 Å². The minimum Gasteiger partial charge on any atom is -0.326 e. The lowest BCUT2D eigenvalue weighted by molar-refractivity contribution is 0.603. The molecule has 1 aliphatic heterocycles. The Bertz CT molecular complexity index is 515. The molecular weight excluding hydrogens is 198 g/mol. The molecule has 1 aromatic rings. The third-order valence-corrected chi connectivity index (χ3v) is 4.28. The van der Waals surface area contributed by atoms with Gasteiger partial charge < -0.3 is 5.73 Å². The molecule has 74 valence electrons. The summed E-state index contributed by atoms with van der Waals surface area (Å²) in [5, 5.41) is 0. The molecule has 0 spiro atoms. The van der Waals surface area contributed by atoms with Crippen molar-refractivity contribution in [2.24, 2.45) is 5.73 Å². The summed E-state index contributed by atoms with van der Waals surface area (Å²) in [5.41, 5.74) is 7.06. The van der Waals surface area contributed by atoms with Gasteiger partial charge in [0.2, 0.25) is 9.84 Å². The van der Waals surface area contributed by atoms with Gasteiger partial charge in [0.1, 0.15) is 0 Å². The van der Waals surface area contributed by atoms with E-state index in [1.54, 1.807) is 25.1 Å². The standard InChI is InChI=1S/C10H11NO2S/c1-7-4-9-3-2-8(6-11)5-10(9)14(7,12)13/h2-5H,6,11H2,1H3. The molecule has 0 radical (unpaired) electrons. The molecule has 0 unspecified atom stereocenters. The number of allylic oxidation sites excluding steroid dienone is 1. The molecule has 0 fully saturated rings. The van der Waals surface area contributed by atoms with E-state index in [9.17, 15) is 8.42 Å². The summed E-state index contributed by atoms with van der Waals surface area (Å²) in [4.78, 5) is 0.791. The monoisotopic (exact) mass is 209 g/mol. The summed E-state index contributed by atoms with van der Waals surface area (Å²) in [6.45, 7) is 1.97. The molecule has 3 nitrogen and oxygen atoms in total. The highest BCUT2D eigenvalue weighted by atomic mass is 32.2. The Balaban J connectivity index is 2.70. The van der Waals surface area contributed by atoms with Gasteiger partial charge in [0, 0.05) is 11.4 Å². The maximum Gasteiger partial charge on any atom is 0.203 e. The molecule has 1 heterocycles. The van der Waals surface area contributed by atoms with Gasteiger partial charge in [-0.2, -0.15) is 0 Å². The number of benzene rings is 1. The highest BCUT2D eigenvalue weighted by Gasteiger charge is 2.26. The highest BCUT2D eigenvalue weighted by Crippen LogP contribution is 2.32. The fourth-order valence-electron chi connectivity index (χ4n) is 1.53. The van der Waals surface area contributed by atoms with Crippen LogP contribution in [0, 0.1) is 0 Å². The number of fused-ring (bicyclic) bond motifs is 1. The predicted octanol–water partition coefficient (Wildman–Crippen LogP) is 1.29. The molecule has 0 atom stereocenters. The molecule has 2 N–H and O–H groups in total. The number of hydrogen-bond acceptors (Lipinski definition) is 3. The van der Waals surface area contributed by atoms with Crippen LogP contribution < -0.4 is 5.73 Å². The topological polar surface area (TPSA) is 60.2 Å². The van der Waals surface area contributed by atoms with Gasteiger partial charge in [-0.25, -0.2) is 8.42 Å². The Morgan fingerprint density at radius 2 is 2.07 bits per heavy atom. The van der Waals surface area contributed by atoms with E-state index in [-0.39, 0.29) is 0 Å². The van der Waals surface area contributed by atoms with Crippen LogP contribution in [0.25, 0.3) is 6.08 Å². The average molecular weight is 209 g/mol. The third kappa shape index (κ3) is 1.19. The van der Waals surface area contributed by atoms with Crippen LogP contribution >= 0.6 is 0 Å². The van der Waals surface area contributed by atoms with Crippen molar-refractivity contribution in [1.82, 2.24) is 0 Å². The summed E-state index contributed by atoms with van der Waals surface area (Å²) >= 11 is 0. The molecule has 0 aromatic heterocycles. The second kappa shape index (κ2) is 2.93. The second-order valence-corrected chi connectivity index (χ2v) is 5.43. The predicted molar refractivity (Wildman–Crippen MR) is 55.2 cm³/mol. The first-order valence-electron chi connectivity index (χ1n) is 4.32. The van der Waals surface area contributed by atoms with Crippen molar-refractivity contribution in [3.63, 3.8) is 0 Å². The zero-order valence-corrected chi connectivity index (χ0v) is 8.64. The molecule has 2 rings (SSSR count). The van der Waals surface area contributed by atoms with Gasteiger partial charge in [-0.1, -0.05) is 12.1 Å². The van der Waals surface area contributed by atoms with Gasteiger partial charge in [-0.15, -0.1) is 0 Å². The van der Waals surface area contributed by atoms with Crippen LogP contribution in [0.15, 0.2) is 28.0 Å². The quantitative estimate of drug-likeness (QED) is 0.758. The Kier molecular flexibility index (Phi) is 1.97. The van der Waals surface area contributed by atoms with Crippen molar-refractivity contribution >= 4 is 15.9 Å². The van der Waals surface area contributed by atoms with Crippen molar-refractivity contribution in [2.45, 2.75) is 18.4 Å². The summed E-state index contributed by atoms with van der Waals surface area (Å²) < 4.78 is 23.5. The molecule has 0 aliphatic carbocycles. The van der Waals surface area contributed by atoms with E-state index in [0.29, 0.717) is 16.3 Å². The number of hydrogen-bond donors (Lipinski definition) is 1. The van der Waals surface area contributed by atoms with Crippen LogP contribution in [-0.4, -0.2) is 8.42 Å². The third-order valence-electron chi connectivity index (χ3n) is 2.39. The smallest absolute Gasteiger partial charge is 0.203 e. The molecule has 1 aromatic carbocycles. The van der Waals surface area contributed by atoms with Crippen LogP contribution in [0.5, 0.6) is 0 Å².